The Morgan fingerprint density at radius 3 is 2.89 bits per heavy atom. The normalized spacial score (nSPS) is 10.5. The van der Waals surface area contributed by atoms with Crippen molar-refractivity contribution >= 4 is 27.5 Å². The molecule has 1 aromatic heterocycles. The Balaban J connectivity index is 2.20. The second-order valence-electron chi connectivity index (χ2n) is 4.20. The molecule has 1 N–H and O–H groups in total. The second-order valence-corrected chi connectivity index (χ2v) is 5.12. The van der Waals surface area contributed by atoms with Crippen LogP contribution >= 0.6 is 15.9 Å². The van der Waals surface area contributed by atoms with Crippen LogP contribution in [0.2, 0.25) is 0 Å². The van der Waals surface area contributed by atoms with Crippen molar-refractivity contribution < 1.29 is 9.18 Å². The van der Waals surface area contributed by atoms with E-state index < -0.39 is 0 Å². The number of carbonyl (C=O) groups excluding carboxylic acids is 1. The van der Waals surface area contributed by atoms with Crippen molar-refractivity contribution in [2.45, 2.75) is 19.9 Å². The summed E-state index contributed by atoms with van der Waals surface area (Å²) in [6.07, 6.45) is 2.80. The van der Waals surface area contributed by atoms with Crippen LogP contribution in [0.25, 0.3) is 0 Å². The van der Waals surface area contributed by atoms with Gasteiger partial charge in [-0.1, -0.05) is 13.0 Å². The minimum absolute atomic E-state index is 0.246. The van der Waals surface area contributed by atoms with E-state index in [2.05, 4.69) is 21.2 Å². The second kappa shape index (κ2) is 6.02. The Morgan fingerprint density at radius 2 is 2.21 bits per heavy atom. The highest BCUT2D eigenvalue weighted by molar-refractivity contribution is 9.10. The quantitative estimate of drug-likeness (QED) is 0.904. The smallest absolute Gasteiger partial charge is 0.272 e. The summed E-state index contributed by atoms with van der Waals surface area (Å²) in [6, 6.07) is 7.60. The number of rotatable bonds is 4. The molecule has 0 atom stereocenters. The van der Waals surface area contributed by atoms with Crippen LogP contribution in [0.3, 0.4) is 0 Å². The number of nitrogens with one attached hydrogen (secondary N) is 1. The van der Waals surface area contributed by atoms with Crippen molar-refractivity contribution in [3.8, 4) is 0 Å². The number of carbonyl (C=O) groups is 1. The first-order chi connectivity index (χ1) is 9.10. The van der Waals surface area contributed by atoms with Crippen molar-refractivity contribution in [1.29, 1.82) is 0 Å². The third-order valence-electron chi connectivity index (χ3n) is 2.64. The molecule has 2 rings (SSSR count). The third kappa shape index (κ3) is 3.44. The molecule has 5 heteroatoms. The van der Waals surface area contributed by atoms with Gasteiger partial charge in [0.1, 0.15) is 11.5 Å². The number of aryl methyl sites for hydroxylation is 1. The number of hydrogen-bond donors (Lipinski definition) is 1. The molecule has 19 heavy (non-hydrogen) atoms. The van der Waals surface area contributed by atoms with E-state index in [4.69, 9.17) is 0 Å². The fourth-order valence-electron chi connectivity index (χ4n) is 1.85. The van der Waals surface area contributed by atoms with Gasteiger partial charge < -0.3 is 9.88 Å². The molecule has 1 amide bonds. The first kappa shape index (κ1) is 13.8. The highest BCUT2D eigenvalue weighted by atomic mass is 79.9. The van der Waals surface area contributed by atoms with E-state index in [1.165, 1.54) is 12.1 Å². The molecule has 2 aromatic rings. The third-order valence-corrected chi connectivity index (χ3v) is 3.08. The lowest BCUT2D eigenvalue weighted by Crippen LogP contribution is -2.16. The van der Waals surface area contributed by atoms with Gasteiger partial charge in [-0.2, -0.15) is 0 Å². The number of nitrogens with zero attached hydrogens (tertiary/aromatic N) is 1. The van der Waals surface area contributed by atoms with Crippen LogP contribution in [0.4, 0.5) is 10.1 Å². The Hall–Kier alpha value is -1.62. The maximum atomic E-state index is 13.1. The molecule has 0 saturated carbocycles. The van der Waals surface area contributed by atoms with Crippen LogP contribution in [-0.2, 0) is 6.54 Å². The van der Waals surface area contributed by atoms with E-state index >= 15 is 0 Å². The average molecular weight is 325 g/mol. The minimum atomic E-state index is -0.372. The van der Waals surface area contributed by atoms with Crippen molar-refractivity contribution in [3.05, 3.63) is 52.5 Å². The molecular weight excluding hydrogens is 311 g/mol. The lowest BCUT2D eigenvalue weighted by Gasteiger charge is -2.08. The van der Waals surface area contributed by atoms with Gasteiger partial charge in [-0.15, -0.1) is 0 Å². The molecule has 0 bridgehead atoms. The van der Waals surface area contributed by atoms with E-state index in [1.54, 1.807) is 18.2 Å². The summed E-state index contributed by atoms with van der Waals surface area (Å²) >= 11 is 3.36. The summed E-state index contributed by atoms with van der Waals surface area (Å²) in [4.78, 5) is 12.2. The van der Waals surface area contributed by atoms with Gasteiger partial charge in [-0.05, 0) is 46.6 Å². The highest BCUT2D eigenvalue weighted by Crippen LogP contribution is 2.17. The Bertz CT molecular complexity index is 595. The molecule has 0 aliphatic heterocycles. The molecule has 1 aromatic carbocycles. The maximum Gasteiger partial charge on any atom is 0.272 e. The van der Waals surface area contributed by atoms with Crippen LogP contribution in [0.5, 0.6) is 0 Å². The summed E-state index contributed by atoms with van der Waals surface area (Å²) in [5.74, 6) is -0.618. The summed E-state index contributed by atoms with van der Waals surface area (Å²) in [5, 5.41) is 2.69. The standard InChI is InChI=1S/C14H14BrFN2O/c1-2-6-18-9-10(15)7-13(18)14(19)17-12-5-3-4-11(16)8-12/h3-5,7-9H,2,6H2,1H3,(H,17,19). The van der Waals surface area contributed by atoms with Gasteiger partial charge in [-0.3, -0.25) is 4.79 Å². The zero-order valence-electron chi connectivity index (χ0n) is 10.5. The van der Waals surface area contributed by atoms with Crippen LogP contribution < -0.4 is 5.32 Å². The van der Waals surface area contributed by atoms with Gasteiger partial charge >= 0.3 is 0 Å². The Morgan fingerprint density at radius 1 is 1.42 bits per heavy atom. The number of halogens is 2. The van der Waals surface area contributed by atoms with Crippen molar-refractivity contribution in [2.75, 3.05) is 5.32 Å². The summed E-state index contributed by atoms with van der Waals surface area (Å²) in [5.41, 5.74) is 1.00. The molecule has 0 saturated heterocycles. The van der Waals surface area contributed by atoms with Crippen LogP contribution in [0.15, 0.2) is 41.0 Å². The topological polar surface area (TPSA) is 34.0 Å². The van der Waals surface area contributed by atoms with Gasteiger partial charge in [0, 0.05) is 22.9 Å². The summed E-state index contributed by atoms with van der Waals surface area (Å²) in [6.45, 7) is 2.81. The molecule has 0 unspecified atom stereocenters. The minimum Gasteiger partial charge on any atom is -0.342 e. The van der Waals surface area contributed by atoms with Gasteiger partial charge in [0.15, 0.2) is 0 Å². The summed E-state index contributed by atoms with van der Waals surface area (Å²) < 4.78 is 15.8. The summed E-state index contributed by atoms with van der Waals surface area (Å²) in [7, 11) is 0. The van der Waals surface area contributed by atoms with Crippen LogP contribution in [-0.4, -0.2) is 10.5 Å². The zero-order valence-corrected chi connectivity index (χ0v) is 12.1. The molecular formula is C14H14BrFN2O. The lowest BCUT2D eigenvalue weighted by atomic mass is 10.3. The van der Waals surface area contributed by atoms with Crippen molar-refractivity contribution in [3.63, 3.8) is 0 Å². The van der Waals surface area contributed by atoms with Crippen LogP contribution in [0, 0.1) is 5.82 Å². The Labute approximate surface area is 119 Å². The fraction of sp³-hybridized carbons (Fsp3) is 0.214. The van der Waals surface area contributed by atoms with Gasteiger partial charge in [0.2, 0.25) is 0 Å². The number of amides is 1. The molecule has 100 valence electrons. The average Bonchev–Trinajstić information content (AvgIpc) is 2.71. The maximum absolute atomic E-state index is 13.1. The molecule has 0 spiro atoms. The van der Waals surface area contributed by atoms with Gasteiger partial charge in [0.05, 0.1) is 0 Å². The zero-order chi connectivity index (χ0) is 13.8. The molecule has 1 heterocycles. The van der Waals surface area contributed by atoms with E-state index in [-0.39, 0.29) is 11.7 Å². The number of hydrogen-bond acceptors (Lipinski definition) is 1. The molecule has 0 fully saturated rings. The SMILES string of the molecule is CCCn1cc(Br)cc1C(=O)Nc1cccc(F)c1. The van der Waals surface area contributed by atoms with E-state index in [0.29, 0.717) is 11.4 Å². The fourth-order valence-corrected chi connectivity index (χ4v) is 2.32. The first-order valence-corrected chi connectivity index (χ1v) is 6.82. The first-order valence-electron chi connectivity index (χ1n) is 6.02. The predicted octanol–water partition coefficient (Wildman–Crippen LogP) is 4.05. The number of aromatic nitrogens is 1. The molecule has 0 radical (unpaired) electrons. The van der Waals surface area contributed by atoms with Crippen molar-refractivity contribution in [1.82, 2.24) is 4.57 Å². The number of anilines is 1. The van der Waals surface area contributed by atoms with E-state index in [9.17, 15) is 9.18 Å². The monoisotopic (exact) mass is 324 g/mol. The number of benzene rings is 1. The van der Waals surface area contributed by atoms with Gasteiger partial charge in [-0.25, -0.2) is 4.39 Å². The lowest BCUT2D eigenvalue weighted by molar-refractivity contribution is 0.101. The van der Waals surface area contributed by atoms with Gasteiger partial charge in [0.25, 0.3) is 5.91 Å². The van der Waals surface area contributed by atoms with Crippen molar-refractivity contribution in [2.24, 2.45) is 0 Å². The Kier molecular flexibility index (Phi) is 4.37. The van der Waals surface area contributed by atoms with Crippen LogP contribution in [0.1, 0.15) is 23.8 Å². The molecule has 0 aliphatic rings. The molecule has 3 nitrogen and oxygen atoms in total. The van der Waals surface area contributed by atoms with E-state index in [1.807, 2.05) is 17.7 Å². The molecule has 0 aliphatic carbocycles. The predicted molar refractivity (Wildman–Crippen MR) is 76.8 cm³/mol. The van der Waals surface area contributed by atoms with E-state index in [0.717, 1.165) is 17.4 Å². The largest absolute Gasteiger partial charge is 0.342 e. The highest BCUT2D eigenvalue weighted by Gasteiger charge is 2.13.